The summed E-state index contributed by atoms with van der Waals surface area (Å²) in [5, 5.41) is 17.4. The summed E-state index contributed by atoms with van der Waals surface area (Å²) < 4.78 is 49.9. The summed E-state index contributed by atoms with van der Waals surface area (Å²) in [6.07, 6.45) is 0.276. The number of nitriles is 1. The number of carbonyl (C=O) groups is 3. The Balaban J connectivity index is 1.32. The first-order chi connectivity index (χ1) is 23.3. The molecule has 1 aliphatic heterocycles. The number of rotatable bonds is 13. The van der Waals surface area contributed by atoms with Gasteiger partial charge in [0.2, 0.25) is 5.60 Å². The van der Waals surface area contributed by atoms with Crippen LogP contribution < -0.4 is 15.3 Å². The molecule has 17 heteroatoms. The normalized spacial score (nSPS) is 28.6. The van der Waals surface area contributed by atoms with Crippen LogP contribution in [0.3, 0.4) is 0 Å². The van der Waals surface area contributed by atoms with E-state index >= 15 is 0 Å². The molecule has 1 unspecified atom stereocenters. The lowest BCUT2D eigenvalue weighted by Gasteiger charge is -2.62. The smallest absolute Gasteiger partial charge is 0.459 e. The van der Waals surface area contributed by atoms with Crippen LogP contribution in [0.15, 0.2) is 42.7 Å². The minimum absolute atomic E-state index is 0.0830. The van der Waals surface area contributed by atoms with Crippen LogP contribution in [0.2, 0.25) is 0 Å². The van der Waals surface area contributed by atoms with Crippen LogP contribution in [0.5, 0.6) is 5.75 Å². The number of ether oxygens (including phenoxy) is 4. The molecule has 6 atom stereocenters. The standard InChI is InChI=1S/C32H37N6O10P/c1-5-43-30(41)18(2)37-49(42,48-23-8-6-22(7-9-23)31-12-21(13-31)14-31)44-15-25-27(45-19(3)39)28(46-20(4)40)32(16-33,47-25)26-11-10-24-29(34)35-17-36-38(24)26/h6-11,17-18,21,25,27-28H,5,12-15H2,1-4H3,(H,37,42)(H2,34,35,36)/t18-,21?,25+,27+,28+,31?,32-,49?/m0/s1. The van der Waals surface area contributed by atoms with Crippen LogP contribution in [0.25, 0.3) is 5.52 Å². The predicted octanol–water partition coefficient (Wildman–Crippen LogP) is 3.09. The molecule has 49 heavy (non-hydrogen) atoms. The van der Waals surface area contributed by atoms with Gasteiger partial charge >= 0.3 is 25.7 Å². The molecule has 0 amide bonds. The molecule has 0 spiro atoms. The number of hydrogen-bond donors (Lipinski definition) is 2. The number of esters is 3. The zero-order valence-electron chi connectivity index (χ0n) is 27.4. The molecule has 1 saturated heterocycles. The molecule has 4 fully saturated rings. The Hall–Kier alpha value is -4.55. The zero-order chi connectivity index (χ0) is 35.1. The summed E-state index contributed by atoms with van der Waals surface area (Å²) in [5.74, 6) is -1.20. The Morgan fingerprint density at radius 3 is 2.43 bits per heavy atom. The highest BCUT2D eigenvalue weighted by Crippen LogP contribution is 2.65. The number of aromatic nitrogens is 3. The molecule has 3 saturated carbocycles. The lowest BCUT2D eigenvalue weighted by molar-refractivity contribution is -0.166. The second-order valence-corrected chi connectivity index (χ2v) is 14.2. The van der Waals surface area contributed by atoms with E-state index in [-0.39, 0.29) is 29.3 Å². The van der Waals surface area contributed by atoms with Crippen LogP contribution in [0, 0.1) is 17.2 Å². The summed E-state index contributed by atoms with van der Waals surface area (Å²) in [6.45, 7) is 4.77. The van der Waals surface area contributed by atoms with Crippen molar-refractivity contribution >= 4 is 37.0 Å². The molecular formula is C32H37N6O10P. The van der Waals surface area contributed by atoms with Gasteiger partial charge in [-0.25, -0.2) is 14.1 Å². The van der Waals surface area contributed by atoms with E-state index in [1.165, 1.54) is 29.4 Å². The van der Waals surface area contributed by atoms with Gasteiger partial charge in [-0.1, -0.05) is 12.1 Å². The lowest BCUT2D eigenvalue weighted by Crippen LogP contribution is -2.55. The third kappa shape index (κ3) is 6.35. The van der Waals surface area contributed by atoms with Gasteiger partial charge in [-0.15, -0.1) is 0 Å². The van der Waals surface area contributed by atoms with E-state index in [4.69, 9.17) is 33.7 Å². The van der Waals surface area contributed by atoms with Crippen LogP contribution in [0.4, 0.5) is 5.82 Å². The molecule has 2 aromatic heterocycles. The van der Waals surface area contributed by atoms with Gasteiger partial charge in [-0.3, -0.25) is 18.9 Å². The molecule has 2 bridgehead atoms. The molecule has 4 aliphatic rings. The fraction of sp³-hybridized carbons (Fsp3) is 0.500. The van der Waals surface area contributed by atoms with Crippen LogP contribution in [-0.2, 0) is 53.4 Å². The number of nitrogens with zero attached hydrogens (tertiary/aromatic N) is 4. The van der Waals surface area contributed by atoms with E-state index in [1.807, 2.05) is 12.1 Å². The number of nitrogens with one attached hydrogen (secondary N) is 1. The van der Waals surface area contributed by atoms with E-state index in [9.17, 15) is 24.2 Å². The van der Waals surface area contributed by atoms with E-state index in [0.717, 1.165) is 39.0 Å². The van der Waals surface area contributed by atoms with Crippen molar-refractivity contribution in [1.29, 1.82) is 5.26 Å². The second kappa shape index (κ2) is 13.1. The van der Waals surface area contributed by atoms with Gasteiger partial charge < -0.3 is 29.2 Å². The summed E-state index contributed by atoms with van der Waals surface area (Å²) in [6, 6.07) is 11.2. The van der Waals surface area contributed by atoms with Gasteiger partial charge in [-0.2, -0.15) is 15.4 Å². The molecule has 1 aromatic carbocycles. The maximum absolute atomic E-state index is 14.4. The summed E-state index contributed by atoms with van der Waals surface area (Å²) >= 11 is 0. The minimum atomic E-state index is -4.43. The fourth-order valence-electron chi connectivity index (χ4n) is 6.83. The van der Waals surface area contributed by atoms with Crippen molar-refractivity contribution < 1.29 is 46.9 Å². The van der Waals surface area contributed by atoms with Gasteiger partial charge in [0, 0.05) is 13.8 Å². The summed E-state index contributed by atoms with van der Waals surface area (Å²) in [7, 11) is -4.43. The second-order valence-electron chi connectivity index (χ2n) is 12.5. The van der Waals surface area contributed by atoms with Gasteiger partial charge in [0.15, 0.2) is 18.0 Å². The van der Waals surface area contributed by atoms with Gasteiger partial charge in [0.05, 0.1) is 18.9 Å². The predicted molar refractivity (Wildman–Crippen MR) is 170 cm³/mol. The number of benzene rings is 1. The van der Waals surface area contributed by atoms with E-state index in [1.54, 1.807) is 25.1 Å². The van der Waals surface area contributed by atoms with Crippen molar-refractivity contribution in [1.82, 2.24) is 19.7 Å². The largest absolute Gasteiger partial charge is 0.465 e. The Bertz CT molecular complexity index is 1840. The van der Waals surface area contributed by atoms with Crippen molar-refractivity contribution in [2.45, 2.75) is 82.3 Å². The number of nitrogens with two attached hydrogens (primary N) is 1. The van der Waals surface area contributed by atoms with Crippen LogP contribution >= 0.6 is 7.75 Å². The van der Waals surface area contributed by atoms with E-state index in [0.29, 0.717) is 5.52 Å². The third-order valence-electron chi connectivity index (χ3n) is 9.16. The van der Waals surface area contributed by atoms with Crippen LogP contribution in [0.1, 0.15) is 58.2 Å². The molecule has 3 N–H and O–H groups in total. The summed E-state index contributed by atoms with van der Waals surface area (Å²) in [4.78, 5) is 41.2. The van der Waals surface area contributed by atoms with Gasteiger partial charge in [-0.05, 0) is 74.3 Å². The SMILES string of the molecule is CCOC(=O)[C@H](C)NP(=O)(OC[C@H]1O[C@@](C#N)(c2ccc3c(N)ncnn23)[C@H](OC(C)=O)[C@@H]1OC(C)=O)Oc1ccc(C23CC(C2)C3)cc1. The average Bonchev–Trinajstić information content (AvgIpc) is 3.56. The molecule has 3 aromatic rings. The number of carbonyl (C=O) groups excluding carboxylic acids is 3. The maximum Gasteiger partial charge on any atom is 0.459 e. The highest BCUT2D eigenvalue weighted by molar-refractivity contribution is 7.52. The number of fused-ring (bicyclic) bond motifs is 1. The Labute approximate surface area is 281 Å². The lowest BCUT2D eigenvalue weighted by atomic mass is 9.42. The molecule has 260 valence electrons. The Morgan fingerprint density at radius 2 is 1.84 bits per heavy atom. The fourth-order valence-corrected chi connectivity index (χ4v) is 8.33. The van der Waals surface area contributed by atoms with Gasteiger partial charge in [0.25, 0.3) is 0 Å². The number of nitrogen functional groups attached to an aromatic ring is 1. The average molecular weight is 697 g/mol. The number of hydrogen-bond acceptors (Lipinski definition) is 14. The first kappa shape index (κ1) is 34.3. The first-order valence-corrected chi connectivity index (χ1v) is 17.4. The topological polar surface area (TPSA) is 216 Å². The first-order valence-electron chi connectivity index (χ1n) is 15.8. The Morgan fingerprint density at radius 1 is 1.14 bits per heavy atom. The molecule has 3 heterocycles. The number of anilines is 1. The third-order valence-corrected chi connectivity index (χ3v) is 10.8. The van der Waals surface area contributed by atoms with Crippen molar-refractivity contribution in [2.24, 2.45) is 5.92 Å². The zero-order valence-corrected chi connectivity index (χ0v) is 28.3. The van der Waals surface area contributed by atoms with Crippen LogP contribution in [-0.4, -0.2) is 70.1 Å². The van der Waals surface area contributed by atoms with E-state index < -0.39 is 62.2 Å². The highest BCUT2D eigenvalue weighted by atomic mass is 31.2. The van der Waals surface area contributed by atoms with Gasteiger partial charge in [0.1, 0.15) is 35.8 Å². The molecule has 3 aliphatic carbocycles. The van der Waals surface area contributed by atoms with Crippen molar-refractivity contribution in [3.63, 3.8) is 0 Å². The minimum Gasteiger partial charge on any atom is -0.465 e. The monoisotopic (exact) mass is 696 g/mol. The Kier molecular flexibility index (Phi) is 9.14. The quantitative estimate of drug-likeness (QED) is 0.149. The molecule has 16 nitrogen and oxygen atoms in total. The van der Waals surface area contributed by atoms with Crippen molar-refractivity contribution in [3.05, 3.63) is 54.0 Å². The highest BCUT2D eigenvalue weighted by Gasteiger charge is 2.62. The maximum atomic E-state index is 14.4. The molecule has 0 radical (unpaired) electrons. The van der Waals surface area contributed by atoms with E-state index in [2.05, 4.69) is 21.2 Å². The van der Waals surface area contributed by atoms with Crippen molar-refractivity contribution in [3.8, 4) is 11.8 Å². The molecular weight excluding hydrogens is 659 g/mol. The summed E-state index contributed by atoms with van der Waals surface area (Å²) in [5.41, 5.74) is 5.67. The molecule has 7 rings (SSSR count). The van der Waals surface area contributed by atoms with Crippen molar-refractivity contribution in [2.75, 3.05) is 18.9 Å².